The van der Waals surface area contributed by atoms with E-state index in [9.17, 15) is 8.42 Å². The first-order chi connectivity index (χ1) is 7.12. The fourth-order valence-corrected chi connectivity index (χ4v) is 2.46. The molecule has 1 saturated carbocycles. The Morgan fingerprint density at radius 3 is 2.67 bits per heavy atom. The summed E-state index contributed by atoms with van der Waals surface area (Å²) in [7, 11) is -3.26. The van der Waals surface area contributed by atoms with Crippen LogP contribution in [0.4, 0.5) is 5.82 Å². The second-order valence-corrected chi connectivity index (χ2v) is 5.35. The minimum absolute atomic E-state index is 0.265. The minimum Gasteiger partial charge on any atom is -0.267 e. The third-order valence-electron chi connectivity index (χ3n) is 2.10. The van der Waals surface area contributed by atoms with Crippen LogP contribution in [0.15, 0.2) is 18.3 Å². The molecule has 0 saturated heterocycles. The molecule has 6 heteroatoms. The Hall–Kier alpha value is -1.61. The van der Waals surface area contributed by atoms with E-state index in [0.717, 1.165) is 0 Å². The fourth-order valence-electron chi connectivity index (χ4n) is 1.13. The van der Waals surface area contributed by atoms with Crippen molar-refractivity contribution in [2.75, 3.05) is 4.72 Å². The molecule has 0 aromatic carbocycles. The van der Waals surface area contributed by atoms with Gasteiger partial charge in [0.1, 0.15) is 11.9 Å². The molecule has 0 radical (unpaired) electrons. The number of sulfonamides is 1. The van der Waals surface area contributed by atoms with Crippen LogP contribution in [0.25, 0.3) is 0 Å². The van der Waals surface area contributed by atoms with Crippen molar-refractivity contribution in [3.05, 3.63) is 23.9 Å². The number of nitrogens with zero attached hydrogens (tertiary/aromatic N) is 2. The number of anilines is 1. The molecule has 0 unspecified atom stereocenters. The summed E-state index contributed by atoms with van der Waals surface area (Å²) in [6.07, 6.45) is 2.77. The maximum Gasteiger partial charge on any atom is 0.236 e. The Labute approximate surface area is 87.8 Å². The van der Waals surface area contributed by atoms with Gasteiger partial charge in [0.15, 0.2) is 0 Å². The fraction of sp³-hybridized carbons (Fsp3) is 0.333. The number of rotatable bonds is 3. The number of hydrogen-bond acceptors (Lipinski definition) is 4. The van der Waals surface area contributed by atoms with Gasteiger partial charge in [-0.25, -0.2) is 13.4 Å². The molecule has 78 valence electrons. The van der Waals surface area contributed by atoms with Crippen LogP contribution >= 0.6 is 0 Å². The highest BCUT2D eigenvalue weighted by Crippen LogP contribution is 2.29. The molecule has 5 nitrogen and oxygen atoms in total. The highest BCUT2D eigenvalue weighted by atomic mass is 32.2. The Balaban J connectivity index is 2.14. The molecular weight excluding hydrogens is 214 g/mol. The maximum atomic E-state index is 11.5. The van der Waals surface area contributed by atoms with Gasteiger partial charge in [0, 0.05) is 6.20 Å². The third-order valence-corrected chi connectivity index (χ3v) is 3.95. The summed E-state index contributed by atoms with van der Waals surface area (Å²) in [5.74, 6) is 0.265. The summed E-state index contributed by atoms with van der Waals surface area (Å²) in [4.78, 5) is 3.83. The molecule has 1 N–H and O–H groups in total. The van der Waals surface area contributed by atoms with Crippen LogP contribution in [0.2, 0.25) is 0 Å². The zero-order valence-electron chi connectivity index (χ0n) is 7.84. The molecular formula is C9H9N3O2S. The van der Waals surface area contributed by atoms with Gasteiger partial charge in [0.2, 0.25) is 10.0 Å². The van der Waals surface area contributed by atoms with Gasteiger partial charge in [-0.3, -0.25) is 4.72 Å². The van der Waals surface area contributed by atoms with Crippen LogP contribution in [-0.4, -0.2) is 18.7 Å². The largest absolute Gasteiger partial charge is 0.267 e. The van der Waals surface area contributed by atoms with Crippen LogP contribution in [0.3, 0.4) is 0 Å². The van der Waals surface area contributed by atoms with Gasteiger partial charge in [-0.1, -0.05) is 0 Å². The van der Waals surface area contributed by atoms with E-state index in [-0.39, 0.29) is 11.1 Å². The van der Waals surface area contributed by atoms with Gasteiger partial charge >= 0.3 is 0 Å². The van der Waals surface area contributed by atoms with Crippen molar-refractivity contribution in [1.82, 2.24) is 4.98 Å². The van der Waals surface area contributed by atoms with Crippen molar-refractivity contribution in [1.29, 1.82) is 5.26 Å². The van der Waals surface area contributed by atoms with Gasteiger partial charge in [-0.05, 0) is 25.0 Å². The van der Waals surface area contributed by atoms with E-state index >= 15 is 0 Å². The summed E-state index contributed by atoms with van der Waals surface area (Å²) >= 11 is 0. The number of pyridine rings is 1. The molecule has 1 aromatic heterocycles. The van der Waals surface area contributed by atoms with Gasteiger partial charge in [-0.2, -0.15) is 5.26 Å². The van der Waals surface area contributed by atoms with Crippen LogP contribution in [0.5, 0.6) is 0 Å². The second kappa shape index (κ2) is 3.51. The monoisotopic (exact) mass is 223 g/mol. The molecule has 1 aromatic rings. The van der Waals surface area contributed by atoms with E-state index in [4.69, 9.17) is 5.26 Å². The Morgan fingerprint density at radius 1 is 1.47 bits per heavy atom. The molecule has 0 bridgehead atoms. The van der Waals surface area contributed by atoms with Gasteiger partial charge < -0.3 is 0 Å². The maximum absolute atomic E-state index is 11.5. The lowest BCUT2D eigenvalue weighted by Crippen LogP contribution is -2.17. The molecule has 1 aliphatic carbocycles. The van der Waals surface area contributed by atoms with E-state index in [1.165, 1.54) is 18.3 Å². The Morgan fingerprint density at radius 2 is 2.20 bits per heavy atom. The molecule has 0 atom stereocenters. The first-order valence-electron chi connectivity index (χ1n) is 4.49. The summed E-state index contributed by atoms with van der Waals surface area (Å²) in [5, 5.41) is 8.26. The molecule has 0 spiro atoms. The Kier molecular flexibility index (Phi) is 2.32. The van der Waals surface area contributed by atoms with Crippen molar-refractivity contribution in [3.63, 3.8) is 0 Å². The number of aromatic nitrogens is 1. The topological polar surface area (TPSA) is 82.9 Å². The second-order valence-electron chi connectivity index (χ2n) is 3.39. The van der Waals surface area contributed by atoms with Gasteiger partial charge in [0.05, 0.1) is 10.8 Å². The highest BCUT2D eigenvalue weighted by molar-refractivity contribution is 7.93. The number of hydrogen-bond donors (Lipinski definition) is 1. The summed E-state index contributed by atoms with van der Waals surface area (Å²) < 4.78 is 25.4. The SMILES string of the molecule is N#Cc1ccc(NS(=O)(=O)C2CC2)nc1. The van der Waals surface area contributed by atoms with Crippen molar-refractivity contribution >= 4 is 15.8 Å². The van der Waals surface area contributed by atoms with Crippen LogP contribution in [-0.2, 0) is 10.0 Å². The van der Waals surface area contributed by atoms with Gasteiger partial charge in [0.25, 0.3) is 0 Å². The van der Waals surface area contributed by atoms with Crippen molar-refractivity contribution in [2.45, 2.75) is 18.1 Å². The smallest absolute Gasteiger partial charge is 0.236 e. The highest BCUT2D eigenvalue weighted by Gasteiger charge is 2.35. The van der Waals surface area contributed by atoms with Crippen molar-refractivity contribution in [3.8, 4) is 6.07 Å². The minimum atomic E-state index is -3.26. The zero-order valence-corrected chi connectivity index (χ0v) is 8.66. The average molecular weight is 223 g/mol. The predicted molar refractivity (Wildman–Crippen MR) is 54.5 cm³/mol. The normalized spacial score (nSPS) is 15.7. The predicted octanol–water partition coefficient (Wildman–Crippen LogP) is 0.857. The molecule has 1 aliphatic rings. The van der Waals surface area contributed by atoms with E-state index in [0.29, 0.717) is 18.4 Å². The van der Waals surface area contributed by atoms with Gasteiger partial charge in [-0.15, -0.1) is 0 Å². The van der Waals surface area contributed by atoms with Crippen molar-refractivity contribution in [2.24, 2.45) is 0 Å². The lowest BCUT2D eigenvalue weighted by molar-refractivity contribution is 0.600. The van der Waals surface area contributed by atoms with E-state index < -0.39 is 10.0 Å². The molecule has 2 rings (SSSR count). The Bertz CT molecular complexity index is 497. The summed E-state index contributed by atoms with van der Waals surface area (Å²) in [6.45, 7) is 0. The lowest BCUT2D eigenvalue weighted by Gasteiger charge is -2.04. The van der Waals surface area contributed by atoms with Crippen molar-refractivity contribution < 1.29 is 8.42 Å². The van der Waals surface area contributed by atoms with E-state index in [2.05, 4.69) is 9.71 Å². The van der Waals surface area contributed by atoms with E-state index in [1.807, 2.05) is 6.07 Å². The molecule has 0 amide bonds. The standard InChI is InChI=1S/C9H9N3O2S/c10-5-7-1-4-9(11-6-7)12-15(13,14)8-2-3-8/h1,4,6,8H,2-3H2,(H,11,12). The molecule has 0 aliphatic heterocycles. The average Bonchev–Trinajstić information content (AvgIpc) is 3.01. The van der Waals surface area contributed by atoms with Crippen LogP contribution in [0, 0.1) is 11.3 Å². The molecule has 1 heterocycles. The molecule has 15 heavy (non-hydrogen) atoms. The summed E-state index contributed by atoms with van der Waals surface area (Å²) in [5.41, 5.74) is 0.407. The zero-order chi connectivity index (χ0) is 10.9. The lowest BCUT2D eigenvalue weighted by atomic mass is 10.3. The number of nitrogens with one attached hydrogen (secondary N) is 1. The van der Waals surface area contributed by atoms with Crippen LogP contribution < -0.4 is 4.72 Å². The van der Waals surface area contributed by atoms with E-state index in [1.54, 1.807) is 0 Å². The van der Waals surface area contributed by atoms with Crippen LogP contribution in [0.1, 0.15) is 18.4 Å². The number of nitriles is 1. The third kappa shape index (κ3) is 2.25. The first kappa shape index (κ1) is 9.93. The quantitative estimate of drug-likeness (QED) is 0.823. The summed E-state index contributed by atoms with van der Waals surface area (Å²) in [6, 6.07) is 4.92. The first-order valence-corrected chi connectivity index (χ1v) is 6.04. The molecule has 1 fully saturated rings.